The highest BCUT2D eigenvalue weighted by atomic mass is 16.5. The average molecular weight is 236 g/mol. The second-order valence-electron chi connectivity index (χ2n) is 3.30. The number of methoxy groups -OCH3 is 1. The van der Waals surface area contributed by atoms with Crippen LogP contribution in [0.5, 0.6) is 5.75 Å². The largest absolute Gasteiger partial charge is 0.497 e. The van der Waals surface area contributed by atoms with Crippen LogP contribution >= 0.6 is 0 Å². The van der Waals surface area contributed by atoms with Crippen LogP contribution in [0, 0.1) is 0 Å². The van der Waals surface area contributed by atoms with Gasteiger partial charge in [-0.2, -0.15) is 4.68 Å². The van der Waals surface area contributed by atoms with E-state index in [0.717, 1.165) is 10.4 Å². The molecule has 0 radical (unpaired) electrons. The third kappa shape index (κ3) is 2.03. The fraction of sp³-hybridized carbons (Fsp3) is 0.100. The van der Waals surface area contributed by atoms with Crippen molar-refractivity contribution in [1.29, 1.82) is 0 Å². The quantitative estimate of drug-likeness (QED) is 0.669. The first-order chi connectivity index (χ1) is 8.11. The Hall–Kier alpha value is -2.57. The van der Waals surface area contributed by atoms with Gasteiger partial charge in [0.25, 0.3) is 0 Å². The number of ether oxygens (including phenoxy) is 1. The normalized spacial score (nSPS) is 10.2. The lowest BCUT2D eigenvalue weighted by Crippen LogP contribution is -2.23. The Kier molecular flexibility index (Phi) is 2.65. The van der Waals surface area contributed by atoms with Crippen LogP contribution in [-0.2, 0) is 0 Å². The van der Waals surface area contributed by atoms with E-state index < -0.39 is 5.76 Å². The van der Waals surface area contributed by atoms with Crippen molar-refractivity contribution in [2.24, 2.45) is 0 Å². The molecule has 0 saturated heterocycles. The number of nitrogens with zero attached hydrogens (tertiary/aromatic N) is 1. The molecule has 1 heterocycles. The molecular weight excluding hydrogens is 224 g/mol. The fourth-order valence-corrected chi connectivity index (χ4v) is 1.33. The van der Waals surface area contributed by atoms with Gasteiger partial charge in [0, 0.05) is 5.69 Å². The van der Waals surface area contributed by atoms with Gasteiger partial charge in [0.05, 0.1) is 7.11 Å². The molecular formula is C10H12N4O3. The maximum absolute atomic E-state index is 11.1. The van der Waals surface area contributed by atoms with Crippen molar-refractivity contribution < 1.29 is 9.15 Å². The molecule has 90 valence electrons. The number of hydrogen-bond acceptors (Lipinski definition) is 6. The van der Waals surface area contributed by atoms with E-state index in [-0.39, 0.29) is 11.7 Å². The zero-order valence-electron chi connectivity index (χ0n) is 9.14. The topological polar surface area (TPSA) is 108 Å². The molecule has 0 unspecified atom stereocenters. The van der Waals surface area contributed by atoms with Gasteiger partial charge in [-0.1, -0.05) is 0 Å². The summed E-state index contributed by atoms with van der Waals surface area (Å²) in [7, 11) is 1.58. The SMILES string of the molecule is COc1ccc(Nc2c(N)oc(=O)n2N)cc1. The summed E-state index contributed by atoms with van der Waals surface area (Å²) in [6.07, 6.45) is 0. The Labute approximate surface area is 96.6 Å². The standard InChI is InChI=1S/C10H12N4O3/c1-16-7-4-2-6(3-5-7)13-9-8(11)17-10(15)14(9)12/h2-5,13H,11-12H2,1H3. The third-order valence-corrected chi connectivity index (χ3v) is 2.22. The summed E-state index contributed by atoms with van der Waals surface area (Å²) in [5.41, 5.74) is 6.20. The summed E-state index contributed by atoms with van der Waals surface area (Å²) in [6, 6.07) is 7.04. The lowest BCUT2D eigenvalue weighted by atomic mass is 10.3. The van der Waals surface area contributed by atoms with Crippen LogP contribution in [-0.4, -0.2) is 11.8 Å². The highest BCUT2D eigenvalue weighted by molar-refractivity contribution is 5.65. The van der Waals surface area contributed by atoms with E-state index in [0.29, 0.717) is 5.69 Å². The summed E-state index contributed by atoms with van der Waals surface area (Å²) in [6.45, 7) is 0. The average Bonchev–Trinajstić information content (AvgIpc) is 2.57. The second kappa shape index (κ2) is 4.12. The molecule has 17 heavy (non-hydrogen) atoms. The Morgan fingerprint density at radius 1 is 1.35 bits per heavy atom. The Morgan fingerprint density at radius 2 is 2.00 bits per heavy atom. The molecule has 0 aliphatic carbocycles. The van der Waals surface area contributed by atoms with E-state index in [9.17, 15) is 4.79 Å². The summed E-state index contributed by atoms with van der Waals surface area (Å²) in [5.74, 6) is 5.60. The highest BCUT2D eigenvalue weighted by Crippen LogP contribution is 2.22. The van der Waals surface area contributed by atoms with Gasteiger partial charge < -0.3 is 26.0 Å². The van der Waals surface area contributed by atoms with Gasteiger partial charge in [-0.15, -0.1) is 0 Å². The number of nitrogens with one attached hydrogen (secondary N) is 1. The number of anilines is 3. The Bertz CT molecular complexity index is 570. The number of rotatable bonds is 3. The van der Waals surface area contributed by atoms with Crippen molar-refractivity contribution in [3.63, 3.8) is 0 Å². The van der Waals surface area contributed by atoms with Gasteiger partial charge in [0.2, 0.25) is 5.88 Å². The number of nitrogen functional groups attached to an aromatic ring is 2. The van der Waals surface area contributed by atoms with Crippen molar-refractivity contribution in [1.82, 2.24) is 4.68 Å². The summed E-state index contributed by atoms with van der Waals surface area (Å²) in [4.78, 5) is 11.1. The summed E-state index contributed by atoms with van der Waals surface area (Å²) < 4.78 is 10.5. The zero-order valence-corrected chi connectivity index (χ0v) is 9.14. The van der Waals surface area contributed by atoms with E-state index in [1.807, 2.05) is 0 Å². The molecule has 1 aromatic carbocycles. The first kappa shape index (κ1) is 10.9. The smallest absolute Gasteiger partial charge is 0.441 e. The Balaban J connectivity index is 2.28. The molecule has 5 N–H and O–H groups in total. The van der Waals surface area contributed by atoms with Crippen LogP contribution in [0.3, 0.4) is 0 Å². The van der Waals surface area contributed by atoms with Crippen LogP contribution in [0.25, 0.3) is 0 Å². The van der Waals surface area contributed by atoms with E-state index in [1.54, 1.807) is 31.4 Å². The minimum atomic E-state index is -0.724. The summed E-state index contributed by atoms with van der Waals surface area (Å²) >= 11 is 0. The molecule has 0 saturated carbocycles. The van der Waals surface area contributed by atoms with Crippen molar-refractivity contribution in [3.8, 4) is 5.75 Å². The van der Waals surface area contributed by atoms with Crippen LogP contribution in [0.2, 0.25) is 0 Å². The number of nitrogens with two attached hydrogens (primary N) is 2. The molecule has 7 heteroatoms. The van der Waals surface area contributed by atoms with E-state index >= 15 is 0 Å². The van der Waals surface area contributed by atoms with Gasteiger partial charge in [0.15, 0.2) is 5.82 Å². The molecule has 0 aliphatic rings. The first-order valence-corrected chi connectivity index (χ1v) is 4.79. The molecule has 0 amide bonds. The molecule has 0 aliphatic heterocycles. The molecule has 0 atom stereocenters. The molecule has 0 spiro atoms. The molecule has 0 fully saturated rings. The van der Waals surface area contributed by atoms with E-state index in [4.69, 9.17) is 16.3 Å². The van der Waals surface area contributed by atoms with E-state index in [1.165, 1.54) is 0 Å². The van der Waals surface area contributed by atoms with Crippen molar-refractivity contribution in [3.05, 3.63) is 34.8 Å². The van der Waals surface area contributed by atoms with Crippen LogP contribution in [0.1, 0.15) is 0 Å². The Morgan fingerprint density at radius 3 is 2.47 bits per heavy atom. The molecule has 7 nitrogen and oxygen atoms in total. The monoisotopic (exact) mass is 236 g/mol. The first-order valence-electron chi connectivity index (χ1n) is 4.79. The van der Waals surface area contributed by atoms with Gasteiger partial charge in [0.1, 0.15) is 5.75 Å². The highest BCUT2D eigenvalue weighted by Gasteiger charge is 2.11. The lowest BCUT2D eigenvalue weighted by molar-refractivity contribution is 0.415. The molecule has 1 aromatic heterocycles. The molecule has 2 rings (SSSR count). The van der Waals surface area contributed by atoms with Gasteiger partial charge >= 0.3 is 5.76 Å². The minimum absolute atomic E-state index is 0.0617. The maximum Gasteiger partial charge on any atom is 0.441 e. The van der Waals surface area contributed by atoms with Crippen LogP contribution in [0.15, 0.2) is 33.5 Å². The predicted octanol–water partition coefficient (Wildman–Crippen LogP) is 0.489. The fourth-order valence-electron chi connectivity index (χ4n) is 1.33. The van der Waals surface area contributed by atoms with Crippen molar-refractivity contribution in [2.45, 2.75) is 0 Å². The van der Waals surface area contributed by atoms with Crippen LogP contribution in [0.4, 0.5) is 17.4 Å². The van der Waals surface area contributed by atoms with Gasteiger partial charge in [-0.05, 0) is 24.3 Å². The number of hydrogen-bond donors (Lipinski definition) is 3. The van der Waals surface area contributed by atoms with Crippen molar-refractivity contribution >= 4 is 17.4 Å². The molecule has 2 aromatic rings. The maximum atomic E-state index is 11.1. The second-order valence-corrected chi connectivity index (χ2v) is 3.30. The number of benzene rings is 1. The van der Waals surface area contributed by atoms with Gasteiger partial charge in [-0.3, -0.25) is 0 Å². The zero-order chi connectivity index (χ0) is 12.4. The lowest BCUT2D eigenvalue weighted by Gasteiger charge is -2.06. The minimum Gasteiger partial charge on any atom is -0.497 e. The number of aromatic nitrogens is 1. The molecule has 0 bridgehead atoms. The number of oxazole rings is 1. The van der Waals surface area contributed by atoms with Crippen LogP contribution < -0.4 is 27.4 Å². The predicted molar refractivity (Wildman–Crippen MR) is 63.8 cm³/mol. The van der Waals surface area contributed by atoms with E-state index in [2.05, 4.69) is 9.73 Å². The summed E-state index contributed by atoms with van der Waals surface area (Å²) in [5, 5.41) is 2.88. The van der Waals surface area contributed by atoms with Gasteiger partial charge in [-0.25, -0.2) is 4.79 Å². The van der Waals surface area contributed by atoms with Crippen molar-refractivity contribution in [2.75, 3.05) is 24.0 Å². The third-order valence-electron chi connectivity index (χ3n) is 2.22.